The topological polar surface area (TPSA) is 80.0 Å². The van der Waals surface area contributed by atoms with Gasteiger partial charge in [0.15, 0.2) is 5.82 Å². The monoisotopic (exact) mass is 1070 g/mol. The lowest BCUT2D eigenvalue weighted by Crippen LogP contribution is -1.99. The van der Waals surface area contributed by atoms with Crippen LogP contribution in [-0.2, 0) is 0 Å². The van der Waals surface area contributed by atoms with E-state index >= 15 is 0 Å². The van der Waals surface area contributed by atoms with Crippen LogP contribution < -0.4 is 0 Å². The lowest BCUT2D eigenvalue weighted by atomic mass is 10.0. The molecule has 0 radical (unpaired) electrons. The van der Waals surface area contributed by atoms with Crippen molar-refractivity contribution in [2.24, 2.45) is 0 Å². The third kappa shape index (κ3) is 6.36. The van der Waals surface area contributed by atoms with Crippen molar-refractivity contribution in [3.8, 4) is 51.0 Å². The Morgan fingerprint density at radius 1 is 0.226 bits per heavy atom. The summed E-state index contributed by atoms with van der Waals surface area (Å²) in [6.07, 6.45) is 0. The van der Waals surface area contributed by atoms with Crippen LogP contribution in [0.15, 0.2) is 274 Å². The molecule has 0 spiro atoms. The number of benzene rings is 12. The predicted octanol–water partition coefficient (Wildman–Crippen LogP) is 20.5. The maximum absolute atomic E-state index is 6.44. The number of furan rings is 3. The van der Waals surface area contributed by atoms with Crippen molar-refractivity contribution in [3.63, 3.8) is 0 Å². The van der Waals surface area contributed by atoms with Crippen LogP contribution in [0.1, 0.15) is 0 Å². The van der Waals surface area contributed by atoms with Crippen molar-refractivity contribution in [2.75, 3.05) is 0 Å². The van der Waals surface area contributed by atoms with Gasteiger partial charge in [0.2, 0.25) is 0 Å². The fourth-order valence-corrected chi connectivity index (χ4v) is 13.9. The van der Waals surface area contributed by atoms with Crippen LogP contribution in [0, 0.1) is 0 Å². The van der Waals surface area contributed by atoms with Crippen molar-refractivity contribution < 1.29 is 13.3 Å². The Labute approximate surface area is 477 Å². The summed E-state index contributed by atoms with van der Waals surface area (Å²) >= 11 is 0. The van der Waals surface area contributed by atoms with Crippen molar-refractivity contribution >= 4 is 131 Å². The minimum absolute atomic E-state index is 0.618. The molecule has 0 aliphatic carbocycles. The fourth-order valence-electron chi connectivity index (χ4n) is 13.9. The second kappa shape index (κ2) is 17.0. The zero-order valence-corrected chi connectivity index (χ0v) is 44.8. The Morgan fingerprint density at radius 3 is 1.05 bits per heavy atom. The maximum Gasteiger partial charge on any atom is 0.160 e. The van der Waals surface area contributed by atoms with Crippen LogP contribution in [0.4, 0.5) is 0 Å². The Balaban J connectivity index is 0.799. The van der Waals surface area contributed by atoms with Gasteiger partial charge in [-0.2, -0.15) is 0 Å². The van der Waals surface area contributed by atoms with E-state index in [4.69, 9.17) is 23.2 Å². The number of aromatic nitrogens is 5. The van der Waals surface area contributed by atoms with Gasteiger partial charge in [-0.3, -0.25) is 0 Å². The molecular formula is C76H43N5O3. The van der Waals surface area contributed by atoms with Crippen molar-refractivity contribution in [3.05, 3.63) is 261 Å². The molecule has 19 rings (SSSR count). The summed E-state index contributed by atoms with van der Waals surface area (Å²) in [5, 5.41) is 13.7. The number of fused-ring (bicyclic) bond motifs is 21. The normalized spacial score (nSPS) is 12.3. The molecule has 0 saturated heterocycles. The second-order valence-electron chi connectivity index (χ2n) is 22.0. The molecule has 0 aliphatic heterocycles. The number of nitrogens with zero attached hydrogens (tertiary/aromatic N) is 5. The lowest BCUT2D eigenvalue weighted by molar-refractivity contribution is 0.669. The van der Waals surface area contributed by atoms with Crippen LogP contribution in [-0.4, -0.2) is 23.7 Å². The first kappa shape index (κ1) is 45.3. The van der Waals surface area contributed by atoms with E-state index in [1.54, 1.807) is 0 Å². The smallest absolute Gasteiger partial charge is 0.160 e. The van der Waals surface area contributed by atoms with E-state index in [0.717, 1.165) is 155 Å². The van der Waals surface area contributed by atoms with Gasteiger partial charge < -0.3 is 27.0 Å². The van der Waals surface area contributed by atoms with Gasteiger partial charge in [0.05, 0.1) is 44.5 Å². The lowest BCUT2D eigenvalue weighted by Gasteiger charge is -2.14. The molecule has 0 amide bonds. The first-order valence-electron chi connectivity index (χ1n) is 28.4. The number of hydrogen-bond acceptors (Lipinski definition) is 5. The van der Waals surface area contributed by atoms with Crippen LogP contribution in [0.2, 0.25) is 0 Å². The van der Waals surface area contributed by atoms with Gasteiger partial charge in [0, 0.05) is 98.4 Å². The van der Waals surface area contributed by atoms with Crippen LogP contribution in [0.3, 0.4) is 0 Å². The van der Waals surface area contributed by atoms with E-state index in [-0.39, 0.29) is 0 Å². The average Bonchev–Trinajstić information content (AvgIpc) is 1.97. The minimum Gasteiger partial charge on any atom is -0.456 e. The van der Waals surface area contributed by atoms with Gasteiger partial charge in [-0.1, -0.05) is 146 Å². The summed E-state index contributed by atoms with van der Waals surface area (Å²) in [5.41, 5.74) is 19.4. The Morgan fingerprint density at radius 2 is 0.595 bits per heavy atom. The van der Waals surface area contributed by atoms with Gasteiger partial charge in [0.1, 0.15) is 33.5 Å². The first-order valence-corrected chi connectivity index (χ1v) is 28.4. The second-order valence-corrected chi connectivity index (χ2v) is 22.0. The largest absolute Gasteiger partial charge is 0.456 e. The zero-order valence-electron chi connectivity index (χ0n) is 44.8. The molecule has 0 bridgehead atoms. The van der Waals surface area contributed by atoms with Crippen molar-refractivity contribution in [2.45, 2.75) is 0 Å². The van der Waals surface area contributed by atoms with E-state index < -0.39 is 0 Å². The summed E-state index contributed by atoms with van der Waals surface area (Å²) in [7, 11) is 0. The van der Waals surface area contributed by atoms with Gasteiger partial charge in [-0.05, 0) is 115 Å². The molecule has 0 fully saturated rings. The van der Waals surface area contributed by atoms with E-state index in [2.05, 4.69) is 244 Å². The fraction of sp³-hybridized carbons (Fsp3) is 0. The number of para-hydroxylation sites is 6. The minimum atomic E-state index is 0.618. The number of rotatable bonds is 6. The summed E-state index contributed by atoms with van der Waals surface area (Å²) in [6.45, 7) is 0. The van der Waals surface area contributed by atoms with Crippen molar-refractivity contribution in [1.82, 2.24) is 23.7 Å². The third-order valence-electron chi connectivity index (χ3n) is 17.4. The van der Waals surface area contributed by atoms with E-state index in [1.807, 2.05) is 30.3 Å². The summed E-state index contributed by atoms with van der Waals surface area (Å²) < 4.78 is 26.4. The Kier molecular flexibility index (Phi) is 9.18. The molecule has 84 heavy (non-hydrogen) atoms. The van der Waals surface area contributed by atoms with Gasteiger partial charge >= 0.3 is 0 Å². The van der Waals surface area contributed by atoms with Gasteiger partial charge in [0.25, 0.3) is 0 Å². The van der Waals surface area contributed by atoms with Crippen LogP contribution in [0.5, 0.6) is 0 Å². The molecule has 0 unspecified atom stereocenters. The highest BCUT2D eigenvalue weighted by Gasteiger charge is 2.23. The van der Waals surface area contributed by atoms with E-state index in [1.165, 1.54) is 21.5 Å². The molecule has 7 aromatic heterocycles. The summed E-state index contributed by atoms with van der Waals surface area (Å²) in [6, 6.07) is 92.3. The highest BCUT2D eigenvalue weighted by atomic mass is 16.3. The maximum atomic E-state index is 6.44. The Hall–Kier alpha value is -11.5. The molecule has 0 atom stereocenters. The molecule has 0 saturated carbocycles. The van der Waals surface area contributed by atoms with Crippen LogP contribution in [0.25, 0.3) is 182 Å². The molecule has 390 valence electrons. The quantitative estimate of drug-likeness (QED) is 0.166. The highest BCUT2D eigenvalue weighted by molar-refractivity contribution is 6.30. The molecule has 8 nitrogen and oxygen atoms in total. The third-order valence-corrected chi connectivity index (χ3v) is 17.4. The average molecular weight is 1070 g/mol. The summed E-state index contributed by atoms with van der Waals surface area (Å²) in [5.74, 6) is 0.618. The summed E-state index contributed by atoms with van der Waals surface area (Å²) in [4.78, 5) is 11.0. The Bertz CT molecular complexity index is 5750. The zero-order chi connectivity index (χ0) is 54.7. The molecule has 7 heterocycles. The molecule has 12 aromatic carbocycles. The SMILES string of the molecule is c1cc(-c2cc(-c3ccc(-n4c5ccccc5c5c6c(ccc54)oc4ccccc46)cc3)nc(-c3cccc(-n4c5ccccc5c5c6c(ccc54)oc4ccccc46)c3)n2)cc(-n2c3ccccc3c3c4c(ccc32)oc2ccccc24)c1. The van der Waals surface area contributed by atoms with Crippen LogP contribution >= 0.6 is 0 Å². The highest BCUT2D eigenvalue weighted by Crippen LogP contribution is 2.45. The van der Waals surface area contributed by atoms with Gasteiger partial charge in [-0.25, -0.2) is 9.97 Å². The molecule has 19 aromatic rings. The van der Waals surface area contributed by atoms with E-state index in [0.29, 0.717) is 5.82 Å². The van der Waals surface area contributed by atoms with Gasteiger partial charge in [-0.15, -0.1) is 0 Å². The molecule has 0 aliphatic rings. The standard InChI is InChI=1S/C76H43N5O3/c1-7-25-58-50(19-1)70-61(35-38-67-73(70)53-22-4-10-28-64(53)82-67)79(58)47-33-31-44(32-34-47)56-43-57(45-15-13-17-48(41-45)80-59-26-8-2-20-51(59)71-62(80)36-39-68-74(71)54-23-5-11-29-65(54)83-68)78-76(77-56)46-16-14-18-49(42-46)81-60-27-9-3-21-52(60)72-63(81)37-40-69-75(72)55-24-6-12-30-66(55)84-69/h1-43H. The first-order chi connectivity index (χ1) is 41.6. The predicted molar refractivity (Wildman–Crippen MR) is 343 cm³/mol. The molecule has 8 heteroatoms. The molecule has 0 N–H and O–H groups in total. The number of hydrogen-bond donors (Lipinski definition) is 0. The van der Waals surface area contributed by atoms with Crippen molar-refractivity contribution in [1.29, 1.82) is 0 Å². The molecular weight excluding hydrogens is 1030 g/mol. The van der Waals surface area contributed by atoms with E-state index in [9.17, 15) is 0 Å².